The summed E-state index contributed by atoms with van der Waals surface area (Å²) in [5.41, 5.74) is 0. The summed E-state index contributed by atoms with van der Waals surface area (Å²) in [6.07, 6.45) is -0.654. The fourth-order valence-corrected chi connectivity index (χ4v) is 0.704. The fourth-order valence-electron chi connectivity index (χ4n) is 0.704. The molecule has 0 aliphatic carbocycles. The Labute approximate surface area is 79.5 Å². The molecule has 0 bridgehead atoms. The Bertz CT molecular complexity index is 116. The molecule has 0 amide bonds. The van der Waals surface area contributed by atoms with Crippen molar-refractivity contribution in [1.29, 1.82) is 0 Å². The van der Waals surface area contributed by atoms with Gasteiger partial charge in [0.25, 0.3) is 0 Å². The first-order valence-corrected chi connectivity index (χ1v) is 4.58. The van der Waals surface area contributed by atoms with Crippen molar-refractivity contribution in [2.24, 2.45) is 0 Å². The minimum Gasteiger partial charge on any atom is -0.394 e. The lowest BCUT2D eigenvalue weighted by Crippen LogP contribution is -2.24. The van der Waals surface area contributed by atoms with Crippen molar-refractivity contribution in [3.63, 3.8) is 0 Å². The summed E-state index contributed by atoms with van der Waals surface area (Å²) in [6, 6.07) is 0. The summed E-state index contributed by atoms with van der Waals surface area (Å²) >= 11 is 0. The molecule has 0 saturated heterocycles. The number of aliphatic hydroxyl groups is 2. The first-order valence-electron chi connectivity index (χ1n) is 4.58. The Kier molecular flexibility index (Phi) is 7.17. The molecule has 0 rings (SSSR count). The molecule has 0 aromatic carbocycles. The van der Waals surface area contributed by atoms with E-state index in [1.807, 2.05) is 6.92 Å². The van der Waals surface area contributed by atoms with Gasteiger partial charge in [-0.05, 0) is 20.8 Å². The largest absolute Gasteiger partial charge is 0.394 e. The van der Waals surface area contributed by atoms with E-state index in [2.05, 4.69) is 0 Å². The van der Waals surface area contributed by atoms with Crippen LogP contribution < -0.4 is 0 Å². The topological polar surface area (TPSA) is 58.9 Å². The first kappa shape index (κ1) is 12.8. The Morgan fingerprint density at radius 3 is 2.00 bits per heavy atom. The standard InChI is InChI=1S/C9H20O4/c1-7(11)5-12-9(3)6-13-8(2)4-10/h7-11H,4-6H2,1-3H3/t7-,8-,9-/m1/s1. The summed E-state index contributed by atoms with van der Waals surface area (Å²) in [6.45, 7) is 6.10. The molecule has 13 heavy (non-hydrogen) atoms. The van der Waals surface area contributed by atoms with Crippen molar-refractivity contribution in [2.45, 2.75) is 39.1 Å². The normalized spacial score (nSPS) is 18.2. The molecular formula is C9H20O4. The highest BCUT2D eigenvalue weighted by molar-refractivity contribution is 4.52. The average Bonchev–Trinajstić information content (AvgIpc) is 2.10. The van der Waals surface area contributed by atoms with E-state index in [1.165, 1.54) is 0 Å². The molecule has 80 valence electrons. The van der Waals surface area contributed by atoms with Crippen LogP contribution in [-0.2, 0) is 9.47 Å². The van der Waals surface area contributed by atoms with Crippen LogP contribution in [0.25, 0.3) is 0 Å². The molecule has 0 aromatic rings. The first-order chi connectivity index (χ1) is 6.06. The predicted octanol–water partition coefficient (Wildman–Crippen LogP) is 0.170. The van der Waals surface area contributed by atoms with Gasteiger partial charge in [0.05, 0.1) is 38.1 Å². The molecule has 4 heteroatoms. The second-order valence-electron chi connectivity index (χ2n) is 3.32. The van der Waals surface area contributed by atoms with Crippen LogP contribution in [0.15, 0.2) is 0 Å². The Balaban J connectivity index is 3.34. The third-order valence-corrected chi connectivity index (χ3v) is 1.49. The van der Waals surface area contributed by atoms with Crippen molar-refractivity contribution in [2.75, 3.05) is 19.8 Å². The van der Waals surface area contributed by atoms with Gasteiger partial charge in [0.1, 0.15) is 0 Å². The van der Waals surface area contributed by atoms with Crippen molar-refractivity contribution < 1.29 is 19.7 Å². The van der Waals surface area contributed by atoms with Crippen molar-refractivity contribution in [3.05, 3.63) is 0 Å². The summed E-state index contributed by atoms with van der Waals surface area (Å²) in [7, 11) is 0. The fraction of sp³-hybridized carbons (Fsp3) is 1.00. The summed E-state index contributed by atoms with van der Waals surface area (Å²) in [4.78, 5) is 0. The Hall–Kier alpha value is -0.160. The minimum absolute atomic E-state index is 0.0170. The third-order valence-electron chi connectivity index (χ3n) is 1.49. The number of aliphatic hydroxyl groups excluding tert-OH is 2. The van der Waals surface area contributed by atoms with E-state index in [1.54, 1.807) is 13.8 Å². The number of rotatable bonds is 7. The third kappa shape index (κ3) is 8.18. The smallest absolute Gasteiger partial charge is 0.0781 e. The number of ether oxygens (including phenoxy) is 2. The average molecular weight is 192 g/mol. The molecule has 0 saturated carbocycles. The molecule has 4 nitrogen and oxygen atoms in total. The van der Waals surface area contributed by atoms with Gasteiger partial charge in [-0.15, -0.1) is 0 Å². The molecule has 0 spiro atoms. The van der Waals surface area contributed by atoms with Crippen LogP contribution in [0, 0.1) is 0 Å². The lowest BCUT2D eigenvalue weighted by Gasteiger charge is -2.16. The quantitative estimate of drug-likeness (QED) is 0.603. The summed E-state index contributed by atoms with van der Waals surface area (Å²) in [5.74, 6) is 0. The molecule has 0 radical (unpaired) electrons. The maximum absolute atomic E-state index is 8.92. The second-order valence-corrected chi connectivity index (χ2v) is 3.32. The van der Waals surface area contributed by atoms with E-state index in [4.69, 9.17) is 19.7 Å². The van der Waals surface area contributed by atoms with Gasteiger partial charge < -0.3 is 19.7 Å². The zero-order valence-corrected chi connectivity index (χ0v) is 8.56. The zero-order chi connectivity index (χ0) is 10.3. The van der Waals surface area contributed by atoms with Crippen molar-refractivity contribution in [1.82, 2.24) is 0 Å². The molecule has 0 aromatic heterocycles. The van der Waals surface area contributed by atoms with E-state index in [9.17, 15) is 0 Å². The molecule has 0 unspecified atom stereocenters. The van der Waals surface area contributed by atoms with Crippen LogP contribution in [0.3, 0.4) is 0 Å². The number of hydrogen-bond acceptors (Lipinski definition) is 4. The van der Waals surface area contributed by atoms with Gasteiger partial charge in [0.15, 0.2) is 0 Å². The summed E-state index contributed by atoms with van der Waals surface area (Å²) in [5, 5.41) is 17.6. The maximum atomic E-state index is 8.92. The lowest BCUT2D eigenvalue weighted by atomic mass is 10.4. The van der Waals surface area contributed by atoms with Gasteiger partial charge >= 0.3 is 0 Å². The van der Waals surface area contributed by atoms with Gasteiger partial charge in [-0.1, -0.05) is 0 Å². The van der Waals surface area contributed by atoms with Gasteiger partial charge in [0.2, 0.25) is 0 Å². The summed E-state index contributed by atoms with van der Waals surface area (Å²) < 4.78 is 10.5. The van der Waals surface area contributed by atoms with Crippen LogP contribution in [0.4, 0.5) is 0 Å². The van der Waals surface area contributed by atoms with Crippen LogP contribution in [0.2, 0.25) is 0 Å². The highest BCUT2D eigenvalue weighted by Crippen LogP contribution is 1.97. The van der Waals surface area contributed by atoms with Gasteiger partial charge in [-0.2, -0.15) is 0 Å². The highest BCUT2D eigenvalue weighted by Gasteiger charge is 2.06. The molecule has 3 atom stereocenters. The highest BCUT2D eigenvalue weighted by atomic mass is 16.5. The van der Waals surface area contributed by atoms with E-state index in [-0.39, 0.29) is 18.8 Å². The lowest BCUT2D eigenvalue weighted by molar-refractivity contribution is -0.0620. The second kappa shape index (κ2) is 7.26. The van der Waals surface area contributed by atoms with E-state index < -0.39 is 6.10 Å². The predicted molar refractivity (Wildman–Crippen MR) is 49.6 cm³/mol. The van der Waals surface area contributed by atoms with E-state index in [0.717, 1.165) is 0 Å². The van der Waals surface area contributed by atoms with Crippen LogP contribution in [0.1, 0.15) is 20.8 Å². The molecule has 0 heterocycles. The van der Waals surface area contributed by atoms with Crippen molar-refractivity contribution >= 4 is 0 Å². The van der Waals surface area contributed by atoms with Crippen LogP contribution in [-0.4, -0.2) is 48.3 Å². The van der Waals surface area contributed by atoms with Crippen LogP contribution in [0.5, 0.6) is 0 Å². The Morgan fingerprint density at radius 2 is 1.54 bits per heavy atom. The Morgan fingerprint density at radius 1 is 1.00 bits per heavy atom. The van der Waals surface area contributed by atoms with Gasteiger partial charge in [-0.25, -0.2) is 0 Å². The molecular weight excluding hydrogens is 172 g/mol. The monoisotopic (exact) mass is 192 g/mol. The van der Waals surface area contributed by atoms with Gasteiger partial charge in [-0.3, -0.25) is 0 Å². The SMILES string of the molecule is C[C@H](CO)OC[C@@H](C)OC[C@@H](C)O. The molecule has 0 aliphatic heterocycles. The van der Waals surface area contributed by atoms with E-state index >= 15 is 0 Å². The maximum Gasteiger partial charge on any atom is 0.0781 e. The minimum atomic E-state index is -0.447. The molecule has 2 N–H and O–H groups in total. The van der Waals surface area contributed by atoms with Gasteiger partial charge in [0, 0.05) is 0 Å². The zero-order valence-electron chi connectivity index (χ0n) is 8.56. The van der Waals surface area contributed by atoms with Crippen LogP contribution >= 0.6 is 0 Å². The molecule has 0 fully saturated rings. The molecule has 0 aliphatic rings. The number of hydrogen-bond donors (Lipinski definition) is 2. The van der Waals surface area contributed by atoms with Crippen molar-refractivity contribution in [3.8, 4) is 0 Å². The van der Waals surface area contributed by atoms with E-state index in [0.29, 0.717) is 13.2 Å².